The SMILES string of the molecule is CCC(C)c1ccccc1C=CCC(F)(F)F. The minimum atomic E-state index is -4.12. The van der Waals surface area contributed by atoms with Crippen LogP contribution in [0.5, 0.6) is 0 Å². The molecule has 0 heterocycles. The minimum Gasteiger partial charge on any atom is -0.171 e. The first kappa shape index (κ1) is 13.8. The van der Waals surface area contributed by atoms with Gasteiger partial charge >= 0.3 is 6.18 Å². The Balaban J connectivity index is 2.84. The first-order chi connectivity index (χ1) is 7.94. The molecular weight excluding hydrogens is 225 g/mol. The van der Waals surface area contributed by atoms with Crippen molar-refractivity contribution in [1.29, 1.82) is 0 Å². The van der Waals surface area contributed by atoms with Crippen LogP contribution in [0.4, 0.5) is 13.2 Å². The Hall–Kier alpha value is -1.25. The second-order valence-electron chi connectivity index (χ2n) is 4.16. The molecule has 0 aromatic heterocycles. The lowest BCUT2D eigenvalue weighted by Crippen LogP contribution is -2.04. The maximum Gasteiger partial charge on any atom is 0.392 e. The summed E-state index contributed by atoms with van der Waals surface area (Å²) < 4.78 is 36.1. The Morgan fingerprint density at radius 1 is 1.24 bits per heavy atom. The summed E-state index contributed by atoms with van der Waals surface area (Å²) in [5, 5.41) is 0. The van der Waals surface area contributed by atoms with E-state index < -0.39 is 12.6 Å². The largest absolute Gasteiger partial charge is 0.392 e. The van der Waals surface area contributed by atoms with Crippen LogP contribution in [0.2, 0.25) is 0 Å². The lowest BCUT2D eigenvalue weighted by atomic mass is 9.93. The van der Waals surface area contributed by atoms with Crippen LogP contribution < -0.4 is 0 Å². The van der Waals surface area contributed by atoms with Gasteiger partial charge in [0.2, 0.25) is 0 Å². The number of hydrogen-bond donors (Lipinski definition) is 0. The quantitative estimate of drug-likeness (QED) is 0.683. The molecule has 0 saturated carbocycles. The van der Waals surface area contributed by atoms with Crippen molar-refractivity contribution in [2.45, 2.75) is 38.8 Å². The predicted molar refractivity (Wildman–Crippen MR) is 64.9 cm³/mol. The molecule has 0 nitrogen and oxygen atoms in total. The zero-order valence-electron chi connectivity index (χ0n) is 10.1. The van der Waals surface area contributed by atoms with E-state index in [-0.39, 0.29) is 0 Å². The van der Waals surface area contributed by atoms with Gasteiger partial charge in [-0.15, -0.1) is 0 Å². The van der Waals surface area contributed by atoms with Gasteiger partial charge in [-0.25, -0.2) is 0 Å². The molecule has 0 bridgehead atoms. The van der Waals surface area contributed by atoms with E-state index in [0.717, 1.165) is 17.5 Å². The first-order valence-electron chi connectivity index (χ1n) is 5.76. The summed E-state index contributed by atoms with van der Waals surface area (Å²) in [6.07, 6.45) is -1.27. The minimum absolute atomic E-state index is 0.363. The predicted octanol–water partition coefficient (Wildman–Crippen LogP) is 5.17. The van der Waals surface area contributed by atoms with E-state index in [4.69, 9.17) is 0 Å². The Morgan fingerprint density at radius 3 is 2.47 bits per heavy atom. The third-order valence-corrected chi connectivity index (χ3v) is 2.79. The highest BCUT2D eigenvalue weighted by Crippen LogP contribution is 2.25. The summed E-state index contributed by atoms with van der Waals surface area (Å²) in [5.74, 6) is 0.363. The van der Waals surface area contributed by atoms with Gasteiger partial charge < -0.3 is 0 Å². The lowest BCUT2D eigenvalue weighted by molar-refractivity contribution is -0.124. The summed E-state index contributed by atoms with van der Waals surface area (Å²) in [7, 11) is 0. The molecule has 0 fully saturated rings. The molecule has 0 N–H and O–H groups in total. The van der Waals surface area contributed by atoms with Crippen molar-refractivity contribution in [2.24, 2.45) is 0 Å². The molecule has 0 saturated heterocycles. The summed E-state index contributed by atoms with van der Waals surface area (Å²) >= 11 is 0. The number of alkyl halides is 3. The van der Waals surface area contributed by atoms with Crippen LogP contribution in [0.3, 0.4) is 0 Å². The van der Waals surface area contributed by atoms with Crippen molar-refractivity contribution in [3.05, 3.63) is 41.5 Å². The third-order valence-electron chi connectivity index (χ3n) is 2.79. The van der Waals surface area contributed by atoms with E-state index >= 15 is 0 Å². The van der Waals surface area contributed by atoms with Crippen LogP contribution in [0.25, 0.3) is 6.08 Å². The Labute approximate surface area is 100 Å². The molecule has 0 aliphatic carbocycles. The van der Waals surface area contributed by atoms with Crippen molar-refractivity contribution in [3.63, 3.8) is 0 Å². The average Bonchev–Trinajstić information content (AvgIpc) is 2.27. The van der Waals surface area contributed by atoms with Crippen LogP contribution in [-0.2, 0) is 0 Å². The Bertz CT molecular complexity index is 377. The Morgan fingerprint density at radius 2 is 1.88 bits per heavy atom. The van der Waals surface area contributed by atoms with E-state index in [0.29, 0.717) is 5.92 Å². The molecule has 1 aromatic carbocycles. The second-order valence-corrected chi connectivity index (χ2v) is 4.16. The lowest BCUT2D eigenvalue weighted by Gasteiger charge is -2.12. The Kier molecular flexibility index (Phi) is 4.79. The van der Waals surface area contributed by atoms with Gasteiger partial charge in [0, 0.05) is 0 Å². The standard InChI is InChI=1S/C14H17F3/c1-3-11(2)13-9-5-4-7-12(13)8-6-10-14(15,16)17/h4-9,11H,3,10H2,1-2H3. The van der Waals surface area contributed by atoms with Crippen LogP contribution in [0, 0.1) is 0 Å². The molecule has 1 rings (SSSR count). The van der Waals surface area contributed by atoms with Gasteiger partial charge in [0.25, 0.3) is 0 Å². The van der Waals surface area contributed by atoms with Gasteiger partial charge in [0.1, 0.15) is 0 Å². The number of benzene rings is 1. The molecule has 17 heavy (non-hydrogen) atoms. The van der Waals surface area contributed by atoms with E-state index in [9.17, 15) is 13.2 Å². The second kappa shape index (κ2) is 5.89. The fourth-order valence-corrected chi connectivity index (χ4v) is 1.65. The third kappa shape index (κ3) is 4.63. The number of allylic oxidation sites excluding steroid dienone is 1. The normalized spacial score (nSPS) is 14.2. The topological polar surface area (TPSA) is 0 Å². The monoisotopic (exact) mass is 242 g/mol. The number of hydrogen-bond acceptors (Lipinski definition) is 0. The molecule has 0 aliphatic rings. The maximum atomic E-state index is 12.0. The summed E-state index contributed by atoms with van der Waals surface area (Å²) in [6.45, 7) is 4.15. The van der Waals surface area contributed by atoms with Gasteiger partial charge in [-0.2, -0.15) is 13.2 Å². The first-order valence-corrected chi connectivity index (χ1v) is 5.76. The highest BCUT2D eigenvalue weighted by Gasteiger charge is 2.24. The van der Waals surface area contributed by atoms with Gasteiger partial charge in [0.05, 0.1) is 6.42 Å². The van der Waals surface area contributed by atoms with Gasteiger partial charge in [-0.3, -0.25) is 0 Å². The van der Waals surface area contributed by atoms with Crippen LogP contribution in [0.1, 0.15) is 43.7 Å². The van der Waals surface area contributed by atoms with Crippen molar-refractivity contribution in [3.8, 4) is 0 Å². The number of rotatable bonds is 4. The van der Waals surface area contributed by atoms with Crippen LogP contribution in [-0.4, -0.2) is 6.18 Å². The number of halogens is 3. The zero-order valence-corrected chi connectivity index (χ0v) is 10.1. The molecule has 0 radical (unpaired) electrons. The van der Waals surface area contributed by atoms with Crippen molar-refractivity contribution in [2.75, 3.05) is 0 Å². The molecule has 1 atom stereocenters. The van der Waals surface area contributed by atoms with Crippen LogP contribution in [0.15, 0.2) is 30.3 Å². The molecule has 0 aliphatic heterocycles. The van der Waals surface area contributed by atoms with Gasteiger partial charge in [0.15, 0.2) is 0 Å². The summed E-state index contributed by atoms with van der Waals surface area (Å²) in [4.78, 5) is 0. The molecule has 94 valence electrons. The smallest absolute Gasteiger partial charge is 0.171 e. The molecular formula is C14H17F3. The molecule has 1 aromatic rings. The van der Waals surface area contributed by atoms with E-state index in [1.54, 1.807) is 6.08 Å². The van der Waals surface area contributed by atoms with Gasteiger partial charge in [-0.1, -0.05) is 50.3 Å². The summed E-state index contributed by atoms with van der Waals surface area (Å²) in [5.41, 5.74) is 1.99. The molecule has 0 spiro atoms. The van der Waals surface area contributed by atoms with Crippen LogP contribution >= 0.6 is 0 Å². The van der Waals surface area contributed by atoms with Crippen molar-refractivity contribution >= 4 is 6.08 Å². The molecule has 1 unspecified atom stereocenters. The highest BCUT2D eigenvalue weighted by atomic mass is 19.4. The fourth-order valence-electron chi connectivity index (χ4n) is 1.65. The van der Waals surface area contributed by atoms with E-state index in [1.165, 1.54) is 6.08 Å². The molecule has 3 heteroatoms. The fraction of sp³-hybridized carbons (Fsp3) is 0.429. The van der Waals surface area contributed by atoms with Crippen molar-refractivity contribution < 1.29 is 13.2 Å². The zero-order chi connectivity index (χ0) is 12.9. The van der Waals surface area contributed by atoms with Crippen molar-refractivity contribution in [1.82, 2.24) is 0 Å². The maximum absolute atomic E-state index is 12.0. The highest BCUT2D eigenvalue weighted by molar-refractivity contribution is 5.54. The van der Waals surface area contributed by atoms with E-state index in [1.807, 2.05) is 24.3 Å². The summed E-state index contributed by atoms with van der Waals surface area (Å²) in [6, 6.07) is 7.59. The van der Waals surface area contributed by atoms with Gasteiger partial charge in [-0.05, 0) is 23.5 Å². The molecule has 0 amide bonds. The average molecular weight is 242 g/mol. The van der Waals surface area contributed by atoms with E-state index in [2.05, 4.69) is 13.8 Å².